The van der Waals surface area contributed by atoms with Gasteiger partial charge in [-0.2, -0.15) is 5.10 Å². The van der Waals surface area contributed by atoms with Gasteiger partial charge in [-0.25, -0.2) is 9.50 Å². The molecule has 1 saturated carbocycles. The highest BCUT2D eigenvalue weighted by Gasteiger charge is 2.40. The quantitative estimate of drug-likeness (QED) is 0.752. The first-order valence-corrected chi connectivity index (χ1v) is 6.36. The summed E-state index contributed by atoms with van der Waals surface area (Å²) in [5.74, 6) is 1.52. The summed E-state index contributed by atoms with van der Waals surface area (Å²) in [5, 5.41) is 4.16. The van der Waals surface area contributed by atoms with E-state index in [0.717, 1.165) is 37.3 Å². The molecule has 3 heterocycles. The van der Waals surface area contributed by atoms with Gasteiger partial charge in [-0.05, 0) is 24.0 Å². The van der Waals surface area contributed by atoms with Crippen molar-refractivity contribution in [3.8, 4) is 0 Å². The second-order valence-electron chi connectivity index (χ2n) is 5.29. The van der Waals surface area contributed by atoms with Crippen molar-refractivity contribution in [3.63, 3.8) is 0 Å². The van der Waals surface area contributed by atoms with E-state index < -0.39 is 0 Å². The Bertz CT molecular complexity index is 604. The predicted octanol–water partition coefficient (Wildman–Crippen LogP) is 1.14. The molecule has 1 aliphatic carbocycles. The zero-order valence-corrected chi connectivity index (χ0v) is 9.99. The molecule has 2 aliphatic rings. The Labute approximate surface area is 104 Å². The van der Waals surface area contributed by atoms with Crippen LogP contribution < -0.4 is 4.90 Å². The normalized spacial score (nSPS) is 27.1. The van der Waals surface area contributed by atoms with Crippen molar-refractivity contribution < 1.29 is 4.79 Å². The lowest BCUT2D eigenvalue weighted by molar-refractivity contribution is -0.117. The van der Waals surface area contributed by atoms with Crippen molar-refractivity contribution in [2.75, 3.05) is 18.0 Å². The molecule has 1 aliphatic heterocycles. The molecule has 0 N–H and O–H groups in total. The Kier molecular flexibility index (Phi) is 1.98. The Morgan fingerprint density at radius 1 is 1.22 bits per heavy atom. The Hall–Kier alpha value is -1.91. The minimum Gasteiger partial charge on any atom is -0.368 e. The SMILES string of the molecule is O=C1CC2CN(c3cccn4ncnc34)CC2C1. The fourth-order valence-electron chi connectivity index (χ4n) is 3.35. The molecular formula is C13H14N4O. The minimum atomic E-state index is 0.435. The number of pyridine rings is 1. The van der Waals surface area contributed by atoms with E-state index in [0.29, 0.717) is 17.6 Å². The third kappa shape index (κ3) is 1.36. The first kappa shape index (κ1) is 10.1. The van der Waals surface area contributed by atoms with Crippen molar-refractivity contribution in [1.29, 1.82) is 0 Å². The highest BCUT2D eigenvalue weighted by Crippen LogP contribution is 2.38. The number of anilines is 1. The summed E-state index contributed by atoms with van der Waals surface area (Å²) in [4.78, 5) is 18.1. The van der Waals surface area contributed by atoms with Gasteiger partial charge in [0.2, 0.25) is 0 Å². The molecule has 92 valence electrons. The van der Waals surface area contributed by atoms with Gasteiger partial charge in [0.05, 0.1) is 5.69 Å². The minimum absolute atomic E-state index is 0.435. The second kappa shape index (κ2) is 3.54. The average Bonchev–Trinajstić information content (AvgIpc) is 3.00. The summed E-state index contributed by atoms with van der Waals surface area (Å²) in [6.07, 6.45) is 5.01. The van der Waals surface area contributed by atoms with E-state index in [1.54, 1.807) is 10.8 Å². The van der Waals surface area contributed by atoms with E-state index in [2.05, 4.69) is 21.0 Å². The van der Waals surface area contributed by atoms with Gasteiger partial charge >= 0.3 is 0 Å². The van der Waals surface area contributed by atoms with Crippen molar-refractivity contribution in [1.82, 2.24) is 14.6 Å². The number of carbonyl (C=O) groups excluding carboxylic acids is 1. The van der Waals surface area contributed by atoms with E-state index in [1.807, 2.05) is 12.3 Å². The molecule has 0 bridgehead atoms. The fraction of sp³-hybridized carbons (Fsp3) is 0.462. The number of aromatic nitrogens is 3. The Morgan fingerprint density at radius 3 is 2.78 bits per heavy atom. The molecule has 2 aromatic rings. The highest BCUT2D eigenvalue weighted by atomic mass is 16.1. The number of Topliss-reactive ketones (excluding diaryl/α,β-unsaturated/α-hetero) is 1. The van der Waals surface area contributed by atoms with Crippen LogP contribution in [0.5, 0.6) is 0 Å². The van der Waals surface area contributed by atoms with Gasteiger partial charge in [0.15, 0.2) is 5.65 Å². The van der Waals surface area contributed by atoms with Gasteiger partial charge < -0.3 is 4.90 Å². The van der Waals surface area contributed by atoms with Gasteiger partial charge in [-0.1, -0.05) is 0 Å². The van der Waals surface area contributed by atoms with E-state index >= 15 is 0 Å². The Balaban J connectivity index is 1.69. The van der Waals surface area contributed by atoms with Crippen LogP contribution in [0.15, 0.2) is 24.7 Å². The van der Waals surface area contributed by atoms with Crippen LogP contribution in [0.3, 0.4) is 0 Å². The van der Waals surface area contributed by atoms with Gasteiger partial charge in [0.25, 0.3) is 0 Å². The maximum absolute atomic E-state index is 11.4. The molecule has 0 aromatic carbocycles. The number of hydrogen-bond acceptors (Lipinski definition) is 4. The summed E-state index contributed by atoms with van der Waals surface area (Å²) in [6, 6.07) is 4.09. The molecule has 0 amide bonds. The van der Waals surface area contributed by atoms with Gasteiger partial charge in [0, 0.05) is 32.1 Å². The lowest BCUT2D eigenvalue weighted by Crippen LogP contribution is -2.22. The smallest absolute Gasteiger partial charge is 0.178 e. The third-order valence-electron chi connectivity index (χ3n) is 4.18. The maximum Gasteiger partial charge on any atom is 0.178 e. The molecule has 2 aromatic heterocycles. The molecule has 18 heavy (non-hydrogen) atoms. The third-order valence-corrected chi connectivity index (χ3v) is 4.18. The van der Waals surface area contributed by atoms with Crippen LogP contribution in [0.25, 0.3) is 5.65 Å². The first-order valence-electron chi connectivity index (χ1n) is 6.36. The molecule has 5 heteroatoms. The molecule has 1 saturated heterocycles. The summed E-state index contributed by atoms with van der Waals surface area (Å²) in [5.41, 5.74) is 2.04. The Morgan fingerprint density at radius 2 is 2.00 bits per heavy atom. The predicted molar refractivity (Wildman–Crippen MR) is 66.4 cm³/mol. The number of nitrogens with zero attached hydrogens (tertiary/aromatic N) is 4. The number of fused-ring (bicyclic) bond motifs is 2. The van der Waals surface area contributed by atoms with Crippen LogP contribution in [0.1, 0.15) is 12.8 Å². The topological polar surface area (TPSA) is 50.5 Å². The zero-order valence-electron chi connectivity index (χ0n) is 9.99. The second-order valence-corrected chi connectivity index (χ2v) is 5.29. The van der Waals surface area contributed by atoms with E-state index in [4.69, 9.17) is 0 Å². The van der Waals surface area contributed by atoms with Crippen LogP contribution >= 0.6 is 0 Å². The van der Waals surface area contributed by atoms with Crippen LogP contribution in [0.4, 0.5) is 5.69 Å². The molecular weight excluding hydrogens is 228 g/mol. The number of ketones is 1. The number of hydrogen-bond donors (Lipinski definition) is 0. The standard InChI is InChI=1S/C13H14N4O/c18-11-4-9-6-16(7-10(9)5-11)12-2-1-3-17-13(12)14-8-15-17/h1-3,8-10H,4-7H2. The molecule has 0 spiro atoms. The molecule has 0 radical (unpaired) electrons. The summed E-state index contributed by atoms with van der Waals surface area (Å²) >= 11 is 0. The monoisotopic (exact) mass is 242 g/mol. The lowest BCUT2D eigenvalue weighted by Gasteiger charge is -2.19. The molecule has 5 nitrogen and oxygen atoms in total. The highest BCUT2D eigenvalue weighted by molar-refractivity contribution is 5.82. The molecule has 2 fully saturated rings. The lowest BCUT2D eigenvalue weighted by atomic mass is 10.0. The van der Waals surface area contributed by atoms with E-state index in [9.17, 15) is 4.79 Å². The number of carbonyl (C=O) groups is 1. The molecule has 2 unspecified atom stereocenters. The van der Waals surface area contributed by atoms with Crippen LogP contribution in [0, 0.1) is 11.8 Å². The van der Waals surface area contributed by atoms with Crippen LogP contribution in [-0.4, -0.2) is 33.5 Å². The van der Waals surface area contributed by atoms with Crippen molar-refractivity contribution in [3.05, 3.63) is 24.7 Å². The van der Waals surface area contributed by atoms with Gasteiger partial charge in [-0.15, -0.1) is 0 Å². The van der Waals surface area contributed by atoms with Crippen LogP contribution in [0.2, 0.25) is 0 Å². The van der Waals surface area contributed by atoms with Crippen molar-refractivity contribution in [2.45, 2.75) is 12.8 Å². The molecule has 2 atom stereocenters. The van der Waals surface area contributed by atoms with Crippen molar-refractivity contribution in [2.24, 2.45) is 11.8 Å². The van der Waals surface area contributed by atoms with Crippen LogP contribution in [-0.2, 0) is 4.79 Å². The molecule has 4 rings (SSSR count). The maximum atomic E-state index is 11.4. The first-order chi connectivity index (χ1) is 8.81. The number of rotatable bonds is 1. The largest absolute Gasteiger partial charge is 0.368 e. The zero-order chi connectivity index (χ0) is 12.1. The average molecular weight is 242 g/mol. The van der Waals surface area contributed by atoms with E-state index in [1.165, 1.54) is 0 Å². The fourth-order valence-corrected chi connectivity index (χ4v) is 3.35. The van der Waals surface area contributed by atoms with E-state index in [-0.39, 0.29) is 0 Å². The summed E-state index contributed by atoms with van der Waals surface area (Å²) in [6.45, 7) is 1.95. The summed E-state index contributed by atoms with van der Waals surface area (Å²) in [7, 11) is 0. The summed E-state index contributed by atoms with van der Waals surface area (Å²) < 4.78 is 1.80. The van der Waals surface area contributed by atoms with Gasteiger partial charge in [-0.3, -0.25) is 4.79 Å². The van der Waals surface area contributed by atoms with Gasteiger partial charge in [0.1, 0.15) is 12.1 Å². The van der Waals surface area contributed by atoms with Crippen molar-refractivity contribution >= 4 is 17.1 Å².